The van der Waals surface area contributed by atoms with Crippen LogP contribution in [0.5, 0.6) is 0 Å². The number of halogens is 1. The van der Waals surface area contributed by atoms with Gasteiger partial charge < -0.3 is 15.4 Å². The van der Waals surface area contributed by atoms with E-state index in [9.17, 15) is 14.4 Å². The van der Waals surface area contributed by atoms with Crippen LogP contribution < -0.4 is 10.6 Å². The highest BCUT2D eigenvalue weighted by molar-refractivity contribution is 7.17. The number of carbonyl (C=O) groups is 3. The number of hydrogen-bond donors (Lipinski definition) is 2. The summed E-state index contributed by atoms with van der Waals surface area (Å²) < 4.78 is 5.43. The largest absolute Gasteiger partial charge is 0.451 e. The highest BCUT2D eigenvalue weighted by atomic mass is 35.5. The van der Waals surface area contributed by atoms with Crippen molar-refractivity contribution >= 4 is 52.1 Å². The predicted octanol–water partition coefficient (Wildman–Crippen LogP) is 4.45. The molecule has 0 aliphatic heterocycles. The van der Waals surface area contributed by atoms with Crippen molar-refractivity contribution in [3.63, 3.8) is 0 Å². The first-order valence-electron chi connectivity index (χ1n) is 8.20. The summed E-state index contributed by atoms with van der Waals surface area (Å²) in [6.45, 7) is -0.483. The van der Waals surface area contributed by atoms with E-state index in [1.54, 1.807) is 54.6 Å². The highest BCUT2D eigenvalue weighted by Gasteiger charge is 2.16. The van der Waals surface area contributed by atoms with Crippen LogP contribution in [-0.2, 0) is 9.53 Å². The number of nitrogens with one attached hydrogen (secondary N) is 2. The molecule has 0 spiro atoms. The third kappa shape index (κ3) is 5.18. The molecule has 0 aliphatic carbocycles. The number of hydrogen-bond acceptors (Lipinski definition) is 5. The van der Waals surface area contributed by atoms with Gasteiger partial charge in [0.2, 0.25) is 0 Å². The quantitative estimate of drug-likeness (QED) is 0.583. The summed E-state index contributed by atoms with van der Waals surface area (Å²) in [5, 5.41) is 5.35. The Bertz CT molecular complexity index is 1000. The molecule has 28 heavy (non-hydrogen) atoms. The number of benzene rings is 2. The lowest BCUT2D eigenvalue weighted by Gasteiger charge is -2.11. The highest BCUT2D eigenvalue weighted by Crippen LogP contribution is 2.22. The minimum Gasteiger partial charge on any atom is -0.451 e. The molecule has 0 saturated heterocycles. The number of esters is 1. The summed E-state index contributed by atoms with van der Waals surface area (Å²) in [5.41, 5.74) is 1.24. The van der Waals surface area contributed by atoms with Crippen molar-refractivity contribution in [1.29, 1.82) is 0 Å². The van der Waals surface area contributed by atoms with Gasteiger partial charge in [-0.25, -0.2) is 4.79 Å². The lowest BCUT2D eigenvalue weighted by molar-refractivity contribution is -0.119. The molecule has 0 fully saturated rings. The molecule has 3 rings (SSSR count). The number of para-hydroxylation sites is 2. The zero-order valence-electron chi connectivity index (χ0n) is 14.5. The second kappa shape index (κ2) is 9.16. The number of amides is 2. The third-order valence-corrected chi connectivity index (χ3v) is 4.80. The minimum atomic E-state index is -0.637. The molecule has 2 amide bonds. The van der Waals surface area contributed by atoms with Gasteiger partial charge in [0, 0.05) is 5.69 Å². The zero-order chi connectivity index (χ0) is 19.9. The molecule has 8 heteroatoms. The van der Waals surface area contributed by atoms with Crippen LogP contribution in [0, 0.1) is 0 Å². The van der Waals surface area contributed by atoms with Crippen molar-refractivity contribution in [3.8, 4) is 0 Å². The monoisotopic (exact) mass is 414 g/mol. The molecule has 1 aromatic heterocycles. The Morgan fingerprint density at radius 3 is 2.32 bits per heavy atom. The molecule has 2 aromatic carbocycles. The first-order valence-corrected chi connectivity index (χ1v) is 9.40. The van der Waals surface area contributed by atoms with Crippen molar-refractivity contribution in [3.05, 3.63) is 81.5 Å². The van der Waals surface area contributed by atoms with Crippen LogP contribution in [0.3, 0.4) is 0 Å². The average molecular weight is 415 g/mol. The van der Waals surface area contributed by atoms with E-state index in [0.717, 1.165) is 11.3 Å². The SMILES string of the molecule is O=C(COC(=O)c1ccc(Cl)s1)Nc1ccccc1C(=O)Nc1ccccc1. The van der Waals surface area contributed by atoms with Gasteiger partial charge in [0.1, 0.15) is 4.88 Å². The maximum atomic E-state index is 12.5. The molecule has 0 aliphatic rings. The van der Waals surface area contributed by atoms with Gasteiger partial charge in [0.05, 0.1) is 15.6 Å². The van der Waals surface area contributed by atoms with Crippen LogP contribution >= 0.6 is 22.9 Å². The van der Waals surface area contributed by atoms with Crippen molar-refractivity contribution < 1.29 is 19.1 Å². The number of carbonyl (C=O) groups excluding carboxylic acids is 3. The average Bonchev–Trinajstić information content (AvgIpc) is 3.14. The van der Waals surface area contributed by atoms with E-state index in [1.165, 1.54) is 6.07 Å². The standard InChI is InChI=1S/C20H15ClN2O4S/c21-17-11-10-16(28-17)20(26)27-12-18(24)23-15-9-5-4-8-14(15)19(25)22-13-6-2-1-3-7-13/h1-11H,12H2,(H,22,25)(H,23,24). The summed E-state index contributed by atoms with van der Waals surface area (Å²) >= 11 is 6.84. The van der Waals surface area contributed by atoms with Gasteiger partial charge in [0.25, 0.3) is 11.8 Å². The Kier molecular flexibility index (Phi) is 6.41. The molecule has 0 atom stereocenters. The lowest BCUT2D eigenvalue weighted by Crippen LogP contribution is -2.23. The molecular weight excluding hydrogens is 400 g/mol. The van der Waals surface area contributed by atoms with E-state index >= 15 is 0 Å². The maximum absolute atomic E-state index is 12.5. The molecule has 3 aromatic rings. The minimum absolute atomic E-state index is 0.288. The summed E-state index contributed by atoms with van der Waals surface area (Å²) in [4.78, 5) is 36.8. The molecule has 0 unspecified atom stereocenters. The van der Waals surface area contributed by atoms with E-state index in [0.29, 0.717) is 20.6 Å². The van der Waals surface area contributed by atoms with E-state index in [4.69, 9.17) is 16.3 Å². The van der Waals surface area contributed by atoms with Crippen LogP contribution in [0.2, 0.25) is 4.34 Å². The molecule has 1 heterocycles. The third-order valence-electron chi connectivity index (χ3n) is 3.59. The first kappa shape index (κ1) is 19.6. The van der Waals surface area contributed by atoms with E-state index in [2.05, 4.69) is 10.6 Å². The first-order chi connectivity index (χ1) is 13.5. The molecular formula is C20H15ClN2O4S. The number of ether oxygens (including phenoxy) is 1. The molecule has 2 N–H and O–H groups in total. The fraction of sp³-hybridized carbons (Fsp3) is 0.0500. The van der Waals surface area contributed by atoms with Crippen molar-refractivity contribution in [1.82, 2.24) is 0 Å². The summed E-state index contributed by atoms with van der Waals surface area (Å²) in [5.74, 6) is -1.56. The van der Waals surface area contributed by atoms with Gasteiger partial charge in [-0.15, -0.1) is 11.3 Å². The molecule has 0 saturated carbocycles. The van der Waals surface area contributed by atoms with Crippen LogP contribution in [-0.4, -0.2) is 24.4 Å². The van der Waals surface area contributed by atoms with Gasteiger partial charge in [-0.05, 0) is 36.4 Å². The second-order valence-corrected chi connectivity index (χ2v) is 7.31. The number of anilines is 2. The van der Waals surface area contributed by atoms with E-state index in [-0.39, 0.29) is 11.5 Å². The van der Waals surface area contributed by atoms with Crippen molar-refractivity contribution in [2.45, 2.75) is 0 Å². The Labute approximate surface area is 170 Å². The van der Waals surface area contributed by atoms with E-state index < -0.39 is 18.5 Å². The van der Waals surface area contributed by atoms with Crippen LogP contribution in [0.15, 0.2) is 66.7 Å². The van der Waals surface area contributed by atoms with Gasteiger partial charge in [-0.1, -0.05) is 41.9 Å². The predicted molar refractivity (Wildman–Crippen MR) is 109 cm³/mol. The summed E-state index contributed by atoms with van der Waals surface area (Å²) in [7, 11) is 0. The summed E-state index contributed by atoms with van der Waals surface area (Å²) in [6.07, 6.45) is 0. The van der Waals surface area contributed by atoms with Crippen LogP contribution in [0.25, 0.3) is 0 Å². The number of rotatable bonds is 6. The topological polar surface area (TPSA) is 84.5 Å². The Balaban J connectivity index is 1.61. The van der Waals surface area contributed by atoms with Gasteiger partial charge in [0.15, 0.2) is 6.61 Å². The smallest absolute Gasteiger partial charge is 0.348 e. The fourth-order valence-corrected chi connectivity index (χ4v) is 3.26. The Morgan fingerprint density at radius 2 is 1.61 bits per heavy atom. The van der Waals surface area contributed by atoms with Crippen LogP contribution in [0.4, 0.5) is 11.4 Å². The number of thiophene rings is 1. The fourth-order valence-electron chi connectivity index (χ4n) is 2.32. The summed E-state index contributed by atoms with van der Waals surface area (Å²) in [6, 6.07) is 18.6. The molecule has 0 radical (unpaired) electrons. The van der Waals surface area contributed by atoms with Crippen molar-refractivity contribution in [2.75, 3.05) is 17.2 Å². The second-order valence-electron chi connectivity index (χ2n) is 5.59. The zero-order valence-corrected chi connectivity index (χ0v) is 16.0. The Morgan fingerprint density at radius 1 is 0.893 bits per heavy atom. The van der Waals surface area contributed by atoms with Gasteiger partial charge >= 0.3 is 5.97 Å². The van der Waals surface area contributed by atoms with E-state index in [1.807, 2.05) is 6.07 Å². The Hall–Kier alpha value is -3.16. The maximum Gasteiger partial charge on any atom is 0.348 e. The molecule has 142 valence electrons. The van der Waals surface area contributed by atoms with Gasteiger partial charge in [-0.3, -0.25) is 9.59 Å². The van der Waals surface area contributed by atoms with Gasteiger partial charge in [-0.2, -0.15) is 0 Å². The normalized spacial score (nSPS) is 10.2. The van der Waals surface area contributed by atoms with Crippen molar-refractivity contribution in [2.24, 2.45) is 0 Å². The molecule has 0 bridgehead atoms. The van der Waals surface area contributed by atoms with Crippen LogP contribution in [0.1, 0.15) is 20.0 Å². The molecule has 6 nitrogen and oxygen atoms in total. The lowest BCUT2D eigenvalue weighted by atomic mass is 10.1.